The number of hydrogen-bond donors (Lipinski definition) is 2. The van der Waals surface area contributed by atoms with Crippen LogP contribution in [0.15, 0.2) is 77.7 Å². The van der Waals surface area contributed by atoms with E-state index < -0.39 is 32.6 Å². The zero-order valence-corrected chi connectivity index (χ0v) is 18.7. The maximum absolute atomic E-state index is 13.4. The lowest BCUT2D eigenvalue weighted by Crippen LogP contribution is -2.33. The number of hydrogen-bond acceptors (Lipinski definition) is 4. The third kappa shape index (κ3) is 6.59. The molecular formula is C24H24F2N2O4S. The summed E-state index contributed by atoms with van der Waals surface area (Å²) in [6, 6.07) is 18.5. The van der Waals surface area contributed by atoms with Crippen molar-refractivity contribution in [3.63, 3.8) is 0 Å². The maximum Gasteiger partial charge on any atom is 0.240 e. The molecule has 0 fully saturated rings. The molecule has 174 valence electrons. The Morgan fingerprint density at radius 1 is 0.939 bits per heavy atom. The van der Waals surface area contributed by atoms with E-state index in [1.165, 1.54) is 0 Å². The minimum absolute atomic E-state index is 0.150. The number of halogens is 2. The van der Waals surface area contributed by atoms with Gasteiger partial charge >= 0.3 is 0 Å². The van der Waals surface area contributed by atoms with Gasteiger partial charge in [-0.15, -0.1) is 0 Å². The highest BCUT2D eigenvalue weighted by atomic mass is 32.2. The van der Waals surface area contributed by atoms with Crippen LogP contribution in [0, 0.1) is 11.6 Å². The van der Waals surface area contributed by atoms with E-state index in [1.807, 2.05) is 61.5 Å². The lowest BCUT2D eigenvalue weighted by molar-refractivity contribution is -0.121. The van der Waals surface area contributed by atoms with Crippen LogP contribution in [0.2, 0.25) is 0 Å². The predicted octanol–water partition coefficient (Wildman–Crippen LogP) is 3.94. The topological polar surface area (TPSA) is 84.5 Å². The van der Waals surface area contributed by atoms with Crippen molar-refractivity contribution in [1.29, 1.82) is 0 Å². The molecule has 0 aliphatic rings. The summed E-state index contributed by atoms with van der Waals surface area (Å²) < 4.78 is 58.7. The predicted molar refractivity (Wildman–Crippen MR) is 120 cm³/mol. The number of benzene rings is 3. The molecule has 3 rings (SSSR count). The number of carbonyl (C=O) groups excluding carboxylic acids is 1. The van der Waals surface area contributed by atoms with Crippen LogP contribution < -0.4 is 14.8 Å². The largest absolute Gasteiger partial charge is 0.494 e. The SMILES string of the molecule is CCOc1ccc(C(NC(=O)CCNS(=O)(=O)c2ccc(F)c(F)c2)c2ccccc2)cc1. The Hall–Kier alpha value is -3.30. The fourth-order valence-corrected chi connectivity index (χ4v) is 4.23. The Morgan fingerprint density at radius 3 is 2.24 bits per heavy atom. The average Bonchev–Trinajstić information content (AvgIpc) is 2.80. The molecular weight excluding hydrogens is 450 g/mol. The summed E-state index contributed by atoms with van der Waals surface area (Å²) in [6.07, 6.45) is -0.150. The van der Waals surface area contributed by atoms with Gasteiger partial charge in [-0.25, -0.2) is 21.9 Å². The smallest absolute Gasteiger partial charge is 0.240 e. The third-order valence-electron chi connectivity index (χ3n) is 4.81. The van der Waals surface area contributed by atoms with Crippen molar-refractivity contribution in [2.75, 3.05) is 13.2 Å². The number of nitrogens with one attached hydrogen (secondary N) is 2. The molecule has 2 N–H and O–H groups in total. The Kier molecular flexibility index (Phi) is 8.13. The minimum atomic E-state index is -4.09. The lowest BCUT2D eigenvalue weighted by atomic mass is 9.98. The summed E-state index contributed by atoms with van der Waals surface area (Å²) in [5.41, 5.74) is 1.69. The van der Waals surface area contributed by atoms with Crippen molar-refractivity contribution in [2.24, 2.45) is 0 Å². The molecule has 0 saturated heterocycles. The second-order valence-corrected chi connectivity index (χ2v) is 8.90. The molecule has 0 heterocycles. The van der Waals surface area contributed by atoms with Crippen LogP contribution in [0.25, 0.3) is 0 Å². The molecule has 1 unspecified atom stereocenters. The van der Waals surface area contributed by atoms with Gasteiger partial charge in [0.1, 0.15) is 5.75 Å². The van der Waals surface area contributed by atoms with E-state index in [9.17, 15) is 22.0 Å². The summed E-state index contributed by atoms with van der Waals surface area (Å²) in [5.74, 6) is -2.08. The zero-order valence-electron chi connectivity index (χ0n) is 17.9. The third-order valence-corrected chi connectivity index (χ3v) is 6.27. The van der Waals surface area contributed by atoms with Crippen LogP contribution in [-0.4, -0.2) is 27.5 Å². The summed E-state index contributed by atoms with van der Waals surface area (Å²) in [4.78, 5) is 12.2. The molecule has 0 aliphatic carbocycles. The molecule has 0 saturated carbocycles. The van der Waals surface area contributed by atoms with Crippen molar-refractivity contribution in [1.82, 2.24) is 10.0 Å². The number of carbonyl (C=O) groups is 1. The molecule has 3 aromatic rings. The van der Waals surface area contributed by atoms with Crippen molar-refractivity contribution < 1.29 is 26.7 Å². The highest BCUT2D eigenvalue weighted by molar-refractivity contribution is 7.89. The fourth-order valence-electron chi connectivity index (χ4n) is 3.19. The Morgan fingerprint density at radius 2 is 1.61 bits per heavy atom. The van der Waals surface area contributed by atoms with E-state index >= 15 is 0 Å². The second kappa shape index (κ2) is 11.0. The summed E-state index contributed by atoms with van der Waals surface area (Å²) in [7, 11) is -4.09. The van der Waals surface area contributed by atoms with Gasteiger partial charge < -0.3 is 10.1 Å². The second-order valence-electron chi connectivity index (χ2n) is 7.14. The molecule has 0 radical (unpaired) electrons. The molecule has 0 aliphatic heterocycles. The zero-order chi connectivity index (χ0) is 23.8. The number of rotatable bonds is 10. The van der Waals surface area contributed by atoms with Gasteiger partial charge in [0.05, 0.1) is 17.5 Å². The quantitative estimate of drug-likeness (QED) is 0.466. The molecule has 6 nitrogen and oxygen atoms in total. The summed E-state index contributed by atoms with van der Waals surface area (Å²) >= 11 is 0. The van der Waals surface area contributed by atoms with E-state index in [4.69, 9.17) is 4.74 Å². The summed E-state index contributed by atoms with van der Waals surface area (Å²) in [6.45, 7) is 2.22. The van der Waals surface area contributed by atoms with Crippen molar-refractivity contribution >= 4 is 15.9 Å². The average molecular weight is 475 g/mol. The van der Waals surface area contributed by atoms with Crippen LogP contribution in [0.1, 0.15) is 30.5 Å². The van der Waals surface area contributed by atoms with Crippen molar-refractivity contribution in [3.8, 4) is 5.75 Å². The van der Waals surface area contributed by atoms with Gasteiger partial charge in [-0.05, 0) is 48.4 Å². The lowest BCUT2D eigenvalue weighted by Gasteiger charge is -2.20. The van der Waals surface area contributed by atoms with Crippen LogP contribution in [-0.2, 0) is 14.8 Å². The van der Waals surface area contributed by atoms with Gasteiger partial charge in [0.15, 0.2) is 11.6 Å². The maximum atomic E-state index is 13.4. The molecule has 3 aromatic carbocycles. The van der Waals surface area contributed by atoms with Gasteiger partial charge in [0.25, 0.3) is 0 Å². The Bertz CT molecular complexity index is 1190. The first-order valence-corrected chi connectivity index (χ1v) is 11.8. The highest BCUT2D eigenvalue weighted by Crippen LogP contribution is 2.24. The van der Waals surface area contributed by atoms with E-state index in [-0.39, 0.29) is 18.9 Å². The molecule has 0 aromatic heterocycles. The standard InChI is InChI=1S/C24H24F2N2O4S/c1-2-32-19-10-8-18(9-11-19)24(17-6-4-3-5-7-17)28-23(29)14-15-27-33(30,31)20-12-13-21(25)22(26)16-20/h3-13,16,24,27H,2,14-15H2,1H3,(H,28,29). The van der Waals surface area contributed by atoms with Crippen LogP contribution in [0.3, 0.4) is 0 Å². The normalized spacial score (nSPS) is 12.2. The first kappa shape index (κ1) is 24.3. The first-order chi connectivity index (χ1) is 15.8. The fraction of sp³-hybridized carbons (Fsp3) is 0.208. The number of amides is 1. The Balaban J connectivity index is 1.66. The van der Waals surface area contributed by atoms with Crippen molar-refractivity contribution in [3.05, 3.63) is 95.6 Å². The van der Waals surface area contributed by atoms with Crippen LogP contribution in [0.5, 0.6) is 5.75 Å². The van der Waals surface area contributed by atoms with Crippen molar-refractivity contribution in [2.45, 2.75) is 24.3 Å². The van der Waals surface area contributed by atoms with Gasteiger partial charge in [0, 0.05) is 13.0 Å². The first-order valence-electron chi connectivity index (χ1n) is 10.3. The van der Waals surface area contributed by atoms with E-state index in [2.05, 4.69) is 10.0 Å². The molecule has 33 heavy (non-hydrogen) atoms. The van der Waals surface area contributed by atoms with Gasteiger partial charge in [-0.1, -0.05) is 42.5 Å². The van der Waals surface area contributed by atoms with Gasteiger partial charge in [-0.3, -0.25) is 4.79 Å². The molecule has 0 spiro atoms. The van der Waals surface area contributed by atoms with E-state index in [0.717, 1.165) is 23.3 Å². The number of ether oxygens (including phenoxy) is 1. The molecule has 1 atom stereocenters. The Labute approximate surface area is 191 Å². The van der Waals surface area contributed by atoms with Gasteiger partial charge in [0.2, 0.25) is 15.9 Å². The molecule has 9 heteroatoms. The van der Waals surface area contributed by atoms with Gasteiger partial charge in [-0.2, -0.15) is 0 Å². The van der Waals surface area contributed by atoms with E-state index in [1.54, 1.807) is 0 Å². The molecule has 1 amide bonds. The highest BCUT2D eigenvalue weighted by Gasteiger charge is 2.19. The van der Waals surface area contributed by atoms with Crippen LogP contribution in [0.4, 0.5) is 8.78 Å². The van der Waals surface area contributed by atoms with Crippen LogP contribution >= 0.6 is 0 Å². The van der Waals surface area contributed by atoms with E-state index in [0.29, 0.717) is 18.4 Å². The summed E-state index contributed by atoms with van der Waals surface area (Å²) in [5, 5.41) is 2.92. The monoisotopic (exact) mass is 474 g/mol. The minimum Gasteiger partial charge on any atom is -0.494 e. The number of sulfonamides is 1. The molecule has 0 bridgehead atoms.